The summed E-state index contributed by atoms with van der Waals surface area (Å²) in [6, 6.07) is 6.12. The number of carbonyl (C=O) groups excluding carboxylic acids is 2. The van der Waals surface area contributed by atoms with Crippen LogP contribution in [0.25, 0.3) is 0 Å². The lowest BCUT2D eigenvalue weighted by Crippen LogP contribution is -2.39. The standard InChI is InChI=1S/C20H27FN2O3/c21-17-9-3-14(4-10-17)12-22-19(24)15-5-7-16(8-6-15)20(25)23-13-18-2-1-11-26-18/h3-4,9-10,15-16,18H,1-2,5-8,11-13H2,(H,22,24)(H,23,25). The molecule has 2 aliphatic rings. The number of halogens is 1. The highest BCUT2D eigenvalue weighted by atomic mass is 19.1. The zero-order valence-electron chi connectivity index (χ0n) is 15.0. The van der Waals surface area contributed by atoms with Crippen molar-refractivity contribution in [3.8, 4) is 0 Å². The molecule has 3 rings (SSSR count). The highest BCUT2D eigenvalue weighted by Crippen LogP contribution is 2.29. The van der Waals surface area contributed by atoms with Gasteiger partial charge in [0.25, 0.3) is 0 Å². The Hall–Kier alpha value is -1.95. The molecule has 1 atom stereocenters. The molecule has 1 aromatic carbocycles. The van der Waals surface area contributed by atoms with Crippen molar-refractivity contribution in [1.82, 2.24) is 10.6 Å². The van der Waals surface area contributed by atoms with Crippen LogP contribution in [-0.4, -0.2) is 31.1 Å². The molecular weight excluding hydrogens is 335 g/mol. The number of amides is 2. The van der Waals surface area contributed by atoms with Gasteiger partial charge < -0.3 is 15.4 Å². The topological polar surface area (TPSA) is 67.4 Å². The van der Waals surface area contributed by atoms with E-state index in [0.29, 0.717) is 13.1 Å². The molecule has 0 aromatic heterocycles. The first-order chi connectivity index (χ1) is 12.6. The number of benzene rings is 1. The average Bonchev–Trinajstić information content (AvgIpc) is 3.19. The van der Waals surface area contributed by atoms with Crippen LogP contribution in [0.5, 0.6) is 0 Å². The summed E-state index contributed by atoms with van der Waals surface area (Å²) in [7, 11) is 0. The highest BCUT2D eigenvalue weighted by molar-refractivity contribution is 5.81. The quantitative estimate of drug-likeness (QED) is 0.817. The van der Waals surface area contributed by atoms with Crippen LogP contribution in [0.2, 0.25) is 0 Å². The van der Waals surface area contributed by atoms with E-state index in [9.17, 15) is 14.0 Å². The Bertz CT molecular complexity index is 606. The van der Waals surface area contributed by atoms with Gasteiger partial charge in [0.05, 0.1) is 6.10 Å². The summed E-state index contributed by atoms with van der Waals surface area (Å²) in [6.07, 6.45) is 5.19. The Kier molecular flexibility index (Phi) is 6.61. The van der Waals surface area contributed by atoms with E-state index in [1.807, 2.05) is 0 Å². The fourth-order valence-corrected chi connectivity index (χ4v) is 3.72. The maximum atomic E-state index is 12.9. The lowest BCUT2D eigenvalue weighted by Gasteiger charge is -2.27. The summed E-state index contributed by atoms with van der Waals surface area (Å²) in [5, 5.41) is 5.91. The zero-order chi connectivity index (χ0) is 18.4. The Labute approximate surface area is 153 Å². The second-order valence-electron chi connectivity index (χ2n) is 7.27. The average molecular weight is 362 g/mol. The molecule has 1 aliphatic carbocycles. The van der Waals surface area contributed by atoms with E-state index >= 15 is 0 Å². The van der Waals surface area contributed by atoms with Gasteiger partial charge in [-0.3, -0.25) is 9.59 Å². The molecule has 1 unspecified atom stereocenters. The first-order valence-corrected chi connectivity index (χ1v) is 9.53. The highest BCUT2D eigenvalue weighted by Gasteiger charge is 2.30. The molecule has 142 valence electrons. The smallest absolute Gasteiger partial charge is 0.223 e. The van der Waals surface area contributed by atoms with E-state index in [1.54, 1.807) is 12.1 Å². The van der Waals surface area contributed by atoms with Crippen molar-refractivity contribution < 1.29 is 18.7 Å². The third-order valence-electron chi connectivity index (χ3n) is 5.38. The van der Waals surface area contributed by atoms with Crippen LogP contribution >= 0.6 is 0 Å². The molecule has 2 fully saturated rings. The van der Waals surface area contributed by atoms with Crippen LogP contribution in [0.1, 0.15) is 44.1 Å². The zero-order valence-corrected chi connectivity index (χ0v) is 15.0. The summed E-state index contributed by atoms with van der Waals surface area (Å²) < 4.78 is 18.4. The molecule has 0 spiro atoms. The minimum Gasteiger partial charge on any atom is -0.376 e. The van der Waals surface area contributed by atoms with Crippen molar-refractivity contribution >= 4 is 11.8 Å². The number of hydrogen-bond donors (Lipinski definition) is 2. The van der Waals surface area contributed by atoms with Gasteiger partial charge in [0.15, 0.2) is 0 Å². The van der Waals surface area contributed by atoms with Gasteiger partial charge in [-0.2, -0.15) is 0 Å². The molecule has 0 bridgehead atoms. The van der Waals surface area contributed by atoms with E-state index in [-0.39, 0.29) is 35.6 Å². The molecule has 2 N–H and O–H groups in total. The van der Waals surface area contributed by atoms with Crippen molar-refractivity contribution in [3.63, 3.8) is 0 Å². The summed E-state index contributed by atoms with van der Waals surface area (Å²) in [4.78, 5) is 24.6. The SMILES string of the molecule is O=C(NCc1ccc(F)cc1)C1CCC(C(=O)NCC2CCCO2)CC1. The second kappa shape index (κ2) is 9.12. The van der Waals surface area contributed by atoms with Gasteiger partial charge >= 0.3 is 0 Å². The number of ether oxygens (including phenoxy) is 1. The van der Waals surface area contributed by atoms with Crippen molar-refractivity contribution in [1.29, 1.82) is 0 Å². The fraction of sp³-hybridized carbons (Fsp3) is 0.600. The molecule has 0 radical (unpaired) electrons. The van der Waals surface area contributed by atoms with Gasteiger partial charge in [0, 0.05) is 31.5 Å². The third-order valence-corrected chi connectivity index (χ3v) is 5.38. The Balaban J connectivity index is 1.36. The van der Waals surface area contributed by atoms with Crippen LogP contribution in [0.15, 0.2) is 24.3 Å². The first-order valence-electron chi connectivity index (χ1n) is 9.53. The second-order valence-corrected chi connectivity index (χ2v) is 7.27. The first kappa shape index (κ1) is 18.8. The molecule has 1 saturated carbocycles. The van der Waals surface area contributed by atoms with E-state index in [2.05, 4.69) is 10.6 Å². The molecule has 2 amide bonds. The van der Waals surface area contributed by atoms with Gasteiger partial charge in [0.2, 0.25) is 11.8 Å². The van der Waals surface area contributed by atoms with Crippen LogP contribution in [-0.2, 0) is 20.9 Å². The predicted molar refractivity (Wildman–Crippen MR) is 95.7 cm³/mol. The predicted octanol–water partition coefficient (Wildman–Crippen LogP) is 2.54. The Morgan fingerprint density at radius 3 is 2.15 bits per heavy atom. The molecule has 1 aliphatic heterocycles. The molecule has 26 heavy (non-hydrogen) atoms. The minimum absolute atomic E-state index is 0.00227. The summed E-state index contributed by atoms with van der Waals surface area (Å²) in [6.45, 7) is 1.79. The van der Waals surface area contributed by atoms with Gasteiger partial charge in [-0.1, -0.05) is 12.1 Å². The van der Waals surface area contributed by atoms with Crippen molar-refractivity contribution in [2.45, 2.75) is 51.2 Å². The van der Waals surface area contributed by atoms with Gasteiger partial charge in [-0.05, 0) is 56.2 Å². The molecule has 5 nitrogen and oxygen atoms in total. The molecule has 1 aromatic rings. The van der Waals surface area contributed by atoms with Gasteiger partial charge in [0.1, 0.15) is 5.82 Å². The van der Waals surface area contributed by atoms with Crippen molar-refractivity contribution in [3.05, 3.63) is 35.6 Å². The maximum Gasteiger partial charge on any atom is 0.223 e. The Morgan fingerprint density at radius 1 is 0.962 bits per heavy atom. The van der Waals surface area contributed by atoms with Crippen LogP contribution in [0.4, 0.5) is 4.39 Å². The number of rotatable bonds is 6. The van der Waals surface area contributed by atoms with Crippen LogP contribution in [0, 0.1) is 17.7 Å². The molecule has 1 heterocycles. The normalized spacial score (nSPS) is 25.7. The number of hydrogen-bond acceptors (Lipinski definition) is 3. The largest absolute Gasteiger partial charge is 0.376 e. The van der Waals surface area contributed by atoms with E-state index in [0.717, 1.165) is 50.7 Å². The molecule has 6 heteroatoms. The molecular formula is C20H27FN2O3. The lowest BCUT2D eigenvalue weighted by atomic mass is 9.81. The van der Waals surface area contributed by atoms with Crippen molar-refractivity contribution in [2.75, 3.05) is 13.2 Å². The van der Waals surface area contributed by atoms with E-state index in [4.69, 9.17) is 4.74 Å². The van der Waals surface area contributed by atoms with Gasteiger partial charge in [-0.15, -0.1) is 0 Å². The lowest BCUT2D eigenvalue weighted by molar-refractivity contribution is -0.130. The fourth-order valence-electron chi connectivity index (χ4n) is 3.72. The maximum absolute atomic E-state index is 12.9. The van der Waals surface area contributed by atoms with E-state index in [1.165, 1.54) is 12.1 Å². The minimum atomic E-state index is -0.281. The van der Waals surface area contributed by atoms with Crippen molar-refractivity contribution in [2.24, 2.45) is 11.8 Å². The Morgan fingerprint density at radius 2 is 1.58 bits per heavy atom. The van der Waals surface area contributed by atoms with E-state index < -0.39 is 0 Å². The number of nitrogens with one attached hydrogen (secondary N) is 2. The third kappa shape index (κ3) is 5.27. The number of carbonyl (C=O) groups is 2. The summed E-state index contributed by atoms with van der Waals surface area (Å²) in [5.41, 5.74) is 0.877. The van der Waals surface area contributed by atoms with Gasteiger partial charge in [-0.25, -0.2) is 4.39 Å². The summed E-state index contributed by atoms with van der Waals surface area (Å²) >= 11 is 0. The van der Waals surface area contributed by atoms with Crippen LogP contribution < -0.4 is 10.6 Å². The summed E-state index contributed by atoms with van der Waals surface area (Å²) in [5.74, 6) is -0.218. The monoisotopic (exact) mass is 362 g/mol. The molecule has 1 saturated heterocycles. The van der Waals surface area contributed by atoms with Crippen LogP contribution in [0.3, 0.4) is 0 Å².